The predicted octanol–water partition coefficient (Wildman–Crippen LogP) is 18.9. The second-order valence-corrected chi connectivity index (χ2v) is 27.9. The third-order valence-electron chi connectivity index (χ3n) is 19.7. The Balaban J connectivity index is 1.98. The lowest BCUT2D eigenvalue weighted by atomic mass is 9.94. The first-order valence-electron chi connectivity index (χ1n) is 38.9. The van der Waals surface area contributed by atoms with E-state index in [4.69, 9.17) is 23.7 Å². The van der Waals surface area contributed by atoms with Crippen molar-refractivity contribution in [2.45, 2.75) is 449 Å². The van der Waals surface area contributed by atoms with Crippen LogP contribution in [0.25, 0.3) is 0 Å². The summed E-state index contributed by atoms with van der Waals surface area (Å²) in [6, 6.07) is 0. The molecule has 0 saturated carbocycles. The first-order chi connectivity index (χ1) is 43.5. The van der Waals surface area contributed by atoms with Crippen LogP contribution in [-0.4, -0.2) is 117 Å². The van der Waals surface area contributed by atoms with Crippen LogP contribution in [0.1, 0.15) is 387 Å². The molecule has 0 radical (unpaired) electrons. The number of carbonyl (C=O) groups is 2. The summed E-state index contributed by atoms with van der Waals surface area (Å²) in [6.45, 7) is 8.21. The molecule has 0 unspecified atom stereocenters. The van der Waals surface area contributed by atoms with Crippen LogP contribution in [0.2, 0.25) is 0 Å². The third kappa shape index (κ3) is 42.6. The molecule has 2 aliphatic rings. The second kappa shape index (κ2) is 59.1. The van der Waals surface area contributed by atoms with Crippen molar-refractivity contribution in [3.8, 4) is 0 Å². The van der Waals surface area contributed by atoms with Crippen molar-refractivity contribution in [2.75, 3.05) is 13.2 Å². The Labute approximate surface area is 547 Å². The molecule has 2 rings (SSSR count). The number of unbranched alkanes of at least 4 members (excludes halogenated alkanes) is 48. The molecule has 0 amide bonds. The molecular weight excluding hydrogens is 1120 g/mol. The van der Waals surface area contributed by atoms with Gasteiger partial charge in [0.25, 0.3) is 0 Å². The van der Waals surface area contributed by atoms with Crippen LogP contribution in [0.15, 0.2) is 0 Å². The largest absolute Gasteiger partial charge is 0.463 e. The van der Waals surface area contributed by atoms with Crippen molar-refractivity contribution in [1.82, 2.24) is 0 Å². The molecule has 0 aliphatic carbocycles. The Morgan fingerprint density at radius 2 is 0.449 bits per heavy atom. The Morgan fingerprint density at radius 3 is 0.640 bits per heavy atom. The van der Waals surface area contributed by atoms with Crippen molar-refractivity contribution in [3.05, 3.63) is 0 Å². The summed E-state index contributed by atoms with van der Waals surface area (Å²) in [7, 11) is 0. The summed E-state index contributed by atoms with van der Waals surface area (Å²) in [5, 5.41) is 66.6. The van der Waals surface area contributed by atoms with Gasteiger partial charge in [-0.2, -0.15) is 0 Å². The van der Waals surface area contributed by atoms with Crippen molar-refractivity contribution in [1.29, 1.82) is 0 Å². The highest BCUT2D eigenvalue weighted by molar-refractivity contribution is 5.72. The number of aliphatic hydroxyl groups excluding tert-OH is 6. The Morgan fingerprint density at radius 1 is 0.270 bits per heavy atom. The van der Waals surface area contributed by atoms with E-state index in [1.54, 1.807) is 0 Å². The van der Waals surface area contributed by atoms with Crippen molar-refractivity contribution >= 4 is 11.9 Å². The van der Waals surface area contributed by atoms with Gasteiger partial charge in [-0.25, -0.2) is 0 Å². The van der Waals surface area contributed by atoms with Gasteiger partial charge in [-0.05, 0) is 25.7 Å². The SMILES string of the molecule is CCCCCCCCCCCCCCCC(CCCCCCCCCCCCCCC)C(=O)OC[C@H]1O[C@H](O[C@H]2O[C@H](COC(=O)C(CCCCCCCCCCCCCCC)CCCCCCCCCCCCCCC)[C@@H](O)[C@H](O)[C@H]2O)[C@H](O)[C@@H](O)[C@@H]1O. The standard InChI is InChI=1S/C76H146O13/c1-5-9-13-17-21-25-29-33-37-41-45-49-53-57-63(58-54-50-46-42-38-34-30-26-22-18-14-10-6-2)73(83)85-61-65-67(77)69(79)71(81)75(87-65)89-76-72(82)70(80)68(78)66(88-76)62-86-74(84)64(59-55-51-47-43-39-35-31-27-23-19-15-11-7-3)60-56-52-48-44-40-36-32-28-24-20-16-12-8-4/h63-72,75-82H,5-62H2,1-4H3/t65-,66-,67-,68-,69+,70+,71-,72-,75-,76-/m1/s1. The van der Waals surface area contributed by atoms with E-state index in [9.17, 15) is 40.2 Å². The average molecular weight is 1270 g/mol. The van der Waals surface area contributed by atoms with E-state index in [0.29, 0.717) is 25.7 Å². The van der Waals surface area contributed by atoms with Gasteiger partial charge in [0.1, 0.15) is 62.0 Å². The maximum Gasteiger partial charge on any atom is 0.309 e. The van der Waals surface area contributed by atoms with Crippen molar-refractivity contribution in [2.24, 2.45) is 11.8 Å². The van der Waals surface area contributed by atoms with E-state index in [1.807, 2.05) is 0 Å². The highest BCUT2D eigenvalue weighted by Crippen LogP contribution is 2.31. The zero-order chi connectivity index (χ0) is 64.6. The lowest BCUT2D eigenvalue weighted by molar-refractivity contribution is -0.376. The first kappa shape index (κ1) is 83.7. The minimum absolute atomic E-state index is 0.322. The summed E-state index contributed by atoms with van der Waals surface area (Å²) in [4.78, 5) is 27.8. The van der Waals surface area contributed by atoms with Gasteiger partial charge in [0, 0.05) is 0 Å². The van der Waals surface area contributed by atoms with Gasteiger partial charge in [-0.3, -0.25) is 9.59 Å². The first-order valence-corrected chi connectivity index (χ1v) is 38.9. The molecular formula is C76H146O13. The van der Waals surface area contributed by atoms with E-state index in [0.717, 1.165) is 77.0 Å². The number of ether oxygens (including phenoxy) is 5. The van der Waals surface area contributed by atoms with Crippen molar-refractivity contribution in [3.63, 3.8) is 0 Å². The summed E-state index contributed by atoms with van der Waals surface area (Å²) in [6.07, 6.45) is 51.0. The molecule has 0 spiro atoms. The molecule has 0 bridgehead atoms. The molecule has 2 saturated heterocycles. The Hall–Kier alpha value is -1.42. The summed E-state index contributed by atoms with van der Waals surface area (Å²) >= 11 is 0. The molecule has 2 fully saturated rings. The Kier molecular flexibility index (Phi) is 55.6. The van der Waals surface area contributed by atoms with Gasteiger partial charge >= 0.3 is 11.9 Å². The molecule has 2 aliphatic heterocycles. The number of aliphatic hydroxyl groups is 6. The zero-order valence-electron chi connectivity index (χ0n) is 58.5. The maximum absolute atomic E-state index is 13.9. The molecule has 13 nitrogen and oxygen atoms in total. The predicted molar refractivity (Wildman–Crippen MR) is 365 cm³/mol. The monoisotopic (exact) mass is 1270 g/mol. The lowest BCUT2D eigenvalue weighted by Crippen LogP contribution is -2.64. The van der Waals surface area contributed by atoms with Crippen LogP contribution in [0, 0.1) is 11.8 Å². The summed E-state index contributed by atoms with van der Waals surface area (Å²) in [5.41, 5.74) is 0. The average Bonchev–Trinajstić information content (AvgIpc) is 2.35. The quantitative estimate of drug-likeness (QED) is 0.0248. The highest BCUT2D eigenvalue weighted by Gasteiger charge is 2.50. The van der Waals surface area contributed by atoms with Crippen LogP contribution in [0.4, 0.5) is 0 Å². The van der Waals surface area contributed by atoms with E-state index >= 15 is 0 Å². The minimum atomic E-state index is -1.82. The van der Waals surface area contributed by atoms with E-state index in [1.165, 1.54) is 257 Å². The van der Waals surface area contributed by atoms with Gasteiger partial charge in [0.2, 0.25) is 0 Å². The van der Waals surface area contributed by atoms with Crippen LogP contribution in [0.3, 0.4) is 0 Å². The number of esters is 2. The number of carbonyl (C=O) groups excluding carboxylic acids is 2. The molecule has 89 heavy (non-hydrogen) atoms. The van der Waals surface area contributed by atoms with E-state index in [2.05, 4.69) is 27.7 Å². The lowest BCUT2D eigenvalue weighted by Gasteiger charge is -2.44. The van der Waals surface area contributed by atoms with Gasteiger partial charge in [0.05, 0.1) is 11.8 Å². The Bertz CT molecular complexity index is 1380. The maximum atomic E-state index is 13.9. The van der Waals surface area contributed by atoms with Crippen LogP contribution in [-0.2, 0) is 33.3 Å². The molecule has 528 valence electrons. The second-order valence-electron chi connectivity index (χ2n) is 27.9. The van der Waals surface area contributed by atoms with Gasteiger partial charge in [-0.1, -0.05) is 362 Å². The number of hydrogen-bond donors (Lipinski definition) is 6. The minimum Gasteiger partial charge on any atom is -0.463 e. The van der Waals surface area contributed by atoms with Crippen LogP contribution >= 0.6 is 0 Å². The fourth-order valence-electron chi connectivity index (χ4n) is 13.4. The molecule has 0 aromatic carbocycles. The number of hydrogen-bond acceptors (Lipinski definition) is 13. The third-order valence-corrected chi connectivity index (χ3v) is 19.7. The van der Waals surface area contributed by atoms with Gasteiger partial charge in [-0.15, -0.1) is 0 Å². The smallest absolute Gasteiger partial charge is 0.309 e. The highest BCUT2D eigenvalue weighted by atomic mass is 16.8. The van der Waals surface area contributed by atoms with Crippen LogP contribution in [0.5, 0.6) is 0 Å². The fourth-order valence-corrected chi connectivity index (χ4v) is 13.4. The molecule has 2 heterocycles. The van der Waals surface area contributed by atoms with Gasteiger partial charge in [0.15, 0.2) is 12.6 Å². The summed E-state index contributed by atoms with van der Waals surface area (Å²) < 4.78 is 29.6. The number of rotatable bonds is 64. The fraction of sp³-hybridized carbons (Fsp3) is 0.974. The normalized spacial score (nSPS) is 22.2. The molecule has 0 aromatic heterocycles. The van der Waals surface area contributed by atoms with Gasteiger partial charge < -0.3 is 54.3 Å². The molecule has 10 atom stereocenters. The van der Waals surface area contributed by atoms with E-state index < -0.39 is 74.6 Å². The zero-order valence-corrected chi connectivity index (χ0v) is 58.5. The van der Waals surface area contributed by atoms with Crippen molar-refractivity contribution < 1.29 is 63.9 Å². The van der Waals surface area contributed by atoms with E-state index in [-0.39, 0.29) is 23.8 Å². The molecule has 6 N–H and O–H groups in total. The molecule has 0 aromatic rings. The van der Waals surface area contributed by atoms with Crippen LogP contribution < -0.4 is 0 Å². The topological polar surface area (TPSA) is 202 Å². The molecule has 13 heteroatoms. The summed E-state index contributed by atoms with van der Waals surface area (Å²) in [5.74, 6) is -1.41.